The summed E-state index contributed by atoms with van der Waals surface area (Å²) in [5, 5.41) is 59.9. The number of carbonyl (C=O) groups is 5. The molecular weight excluding hydrogens is 702 g/mol. The first-order chi connectivity index (χ1) is 22.4. The van der Waals surface area contributed by atoms with Crippen LogP contribution >= 0.6 is 11.3 Å². The van der Waals surface area contributed by atoms with Gasteiger partial charge in [0.05, 0.1) is 19.3 Å². The Kier molecular flexibility index (Phi) is 10.8. The van der Waals surface area contributed by atoms with E-state index in [1.54, 1.807) is 0 Å². The van der Waals surface area contributed by atoms with E-state index in [1.807, 2.05) is 5.32 Å². The van der Waals surface area contributed by atoms with Crippen molar-refractivity contribution in [3.8, 4) is 0 Å². The number of piperazine rings is 1. The summed E-state index contributed by atoms with van der Waals surface area (Å²) in [5.74, 6) is -5.47. The van der Waals surface area contributed by atoms with Crippen LogP contribution in [-0.4, -0.2) is 137 Å². The van der Waals surface area contributed by atoms with E-state index >= 15 is 0 Å². The SMILES string of the molecule is C=C1CCO[C@]2(C(O)C(C)(O)CO)NC(=O)[C@@]1(O)NC2=O.C[C@H]1[C@H](NC(=O)/C(=N\OC(C)(C)C(=O)O)c2csc(N)n2)C(=O)N1S(=O)(=O)O. The number of rotatable bonds is 10. The normalized spacial score (nSPS) is 27.6. The molecule has 49 heavy (non-hydrogen) atoms. The van der Waals surface area contributed by atoms with E-state index in [0.717, 1.165) is 18.3 Å². The molecular formula is C25H35N7O15S2. The lowest BCUT2D eigenvalue weighted by atomic mass is 9.85. The Labute approximate surface area is 281 Å². The third-order valence-corrected chi connectivity index (χ3v) is 9.21. The van der Waals surface area contributed by atoms with Crippen LogP contribution in [0.25, 0.3) is 0 Å². The van der Waals surface area contributed by atoms with Crippen LogP contribution < -0.4 is 21.7 Å². The number of nitrogens with two attached hydrogens (primary N) is 1. The third-order valence-electron chi connectivity index (χ3n) is 7.53. The van der Waals surface area contributed by atoms with Crippen LogP contribution in [0, 0.1) is 0 Å². The number of ether oxygens (including phenoxy) is 1. The summed E-state index contributed by atoms with van der Waals surface area (Å²) in [5.41, 5.74) is -3.43. The average molecular weight is 738 g/mol. The number of carboxylic acids is 1. The molecule has 272 valence electrons. The van der Waals surface area contributed by atoms with Gasteiger partial charge < -0.3 is 56.8 Å². The lowest BCUT2D eigenvalue weighted by Gasteiger charge is -2.49. The molecule has 0 radical (unpaired) electrons. The predicted octanol–water partition coefficient (Wildman–Crippen LogP) is -4.47. The second kappa shape index (κ2) is 13.5. The number of anilines is 1. The number of fused-ring (bicyclic) bond motifs is 5. The molecule has 4 fully saturated rings. The molecule has 1 aromatic rings. The van der Waals surface area contributed by atoms with Crippen LogP contribution in [0.3, 0.4) is 0 Å². The maximum absolute atomic E-state index is 12.6. The van der Waals surface area contributed by atoms with Crippen molar-refractivity contribution in [3.05, 3.63) is 23.2 Å². The quantitative estimate of drug-likeness (QED) is 0.0356. The average Bonchev–Trinajstić information content (AvgIpc) is 3.42. The molecule has 1 aromatic heterocycles. The number of carboxylic acid groups (broad SMARTS) is 1. The van der Waals surface area contributed by atoms with Gasteiger partial charge in [0.25, 0.3) is 29.4 Å². The molecule has 6 atom stereocenters. The second-order valence-electron chi connectivity index (χ2n) is 11.7. The number of aromatic nitrogens is 1. The largest absolute Gasteiger partial charge is 0.478 e. The molecule has 4 amide bonds. The fourth-order valence-corrected chi connectivity index (χ4v) is 5.84. The van der Waals surface area contributed by atoms with Gasteiger partial charge in [-0.2, -0.15) is 8.42 Å². The van der Waals surface area contributed by atoms with Gasteiger partial charge in [-0.05, 0) is 39.7 Å². The molecule has 5 rings (SSSR count). The molecule has 0 spiro atoms. The molecule has 5 heterocycles. The standard InChI is InChI=1S/C13H17N5O8S2.C12H18N2O7/c1-5-7(10(20)18(5)28(23,24)25)16-9(19)8(6-4-27-12(14)15-6)17-26-13(2,3)11(21)22;1-6-3-4-21-12(7(16)10(2,19)5-15)9(18)13-11(6,20)8(17)14-12/h4-5,7H,1-3H3,(H2,14,15)(H,16,19)(H,21,22)(H,23,24,25);7,15-16,19-20H,1,3-5H2,2H3,(H,13,18)(H,14,17)/b17-8-;/t5-,7-;7?,10?,11-,12+/m01/s1. The van der Waals surface area contributed by atoms with Gasteiger partial charge >= 0.3 is 16.3 Å². The summed E-state index contributed by atoms with van der Waals surface area (Å²) in [4.78, 5) is 68.7. The van der Waals surface area contributed by atoms with Gasteiger partial charge in [-0.25, -0.2) is 14.1 Å². The molecule has 2 unspecified atom stereocenters. The Bertz CT molecular complexity index is 1690. The summed E-state index contributed by atoms with van der Waals surface area (Å²) in [6.07, 6.45) is -1.91. The number of nitrogens with zero attached hydrogens (tertiary/aromatic N) is 3. The molecule has 4 saturated heterocycles. The number of β-lactam (4-membered cyclic amide) rings is 1. The number of aliphatic carboxylic acids is 1. The molecule has 24 heteroatoms. The van der Waals surface area contributed by atoms with Gasteiger partial charge in [-0.3, -0.25) is 23.7 Å². The van der Waals surface area contributed by atoms with Crippen LogP contribution in [0.2, 0.25) is 0 Å². The number of nitrogens with one attached hydrogen (secondary N) is 3. The number of nitrogen functional groups attached to an aromatic ring is 1. The van der Waals surface area contributed by atoms with Crippen LogP contribution in [0.15, 0.2) is 22.7 Å². The highest BCUT2D eigenvalue weighted by Crippen LogP contribution is 2.33. The van der Waals surface area contributed by atoms with Crippen molar-refractivity contribution >= 4 is 62.1 Å². The number of thiazole rings is 1. The zero-order chi connectivity index (χ0) is 37.5. The molecule has 22 nitrogen and oxygen atoms in total. The smallest absolute Gasteiger partial charge is 0.362 e. The number of aliphatic hydroxyl groups excluding tert-OH is 2. The third kappa shape index (κ3) is 7.49. The number of oxime groups is 1. The van der Waals surface area contributed by atoms with Crippen molar-refractivity contribution in [2.45, 2.75) is 75.0 Å². The summed E-state index contributed by atoms with van der Waals surface area (Å²) >= 11 is 0.980. The lowest BCUT2D eigenvalue weighted by Crippen LogP contribution is -2.82. The Balaban J connectivity index is 0.000000276. The first kappa shape index (κ1) is 39.1. The van der Waals surface area contributed by atoms with Crippen molar-refractivity contribution in [2.24, 2.45) is 5.16 Å². The van der Waals surface area contributed by atoms with E-state index in [4.69, 9.17) is 30.1 Å². The van der Waals surface area contributed by atoms with Gasteiger partial charge in [0.15, 0.2) is 10.8 Å². The van der Waals surface area contributed by atoms with Crippen LogP contribution in [-0.2, 0) is 43.9 Å². The highest BCUT2D eigenvalue weighted by Gasteiger charge is 2.63. The highest BCUT2D eigenvalue weighted by atomic mass is 32.2. The monoisotopic (exact) mass is 737 g/mol. The minimum Gasteiger partial charge on any atom is -0.478 e. The summed E-state index contributed by atoms with van der Waals surface area (Å²) in [6, 6.07) is -2.31. The van der Waals surface area contributed by atoms with Gasteiger partial charge in [-0.15, -0.1) is 11.3 Å². The van der Waals surface area contributed by atoms with Crippen molar-refractivity contribution in [3.63, 3.8) is 0 Å². The fourth-order valence-electron chi connectivity index (χ4n) is 4.41. The molecule has 2 bridgehead atoms. The predicted molar refractivity (Wildman–Crippen MR) is 163 cm³/mol. The van der Waals surface area contributed by atoms with E-state index in [9.17, 15) is 47.7 Å². The van der Waals surface area contributed by atoms with Crippen molar-refractivity contribution in [2.75, 3.05) is 18.9 Å². The van der Waals surface area contributed by atoms with Gasteiger partial charge in [0.2, 0.25) is 11.3 Å². The maximum atomic E-state index is 12.6. The molecule has 4 aliphatic rings. The van der Waals surface area contributed by atoms with Gasteiger partial charge in [0.1, 0.15) is 23.4 Å². The van der Waals surface area contributed by atoms with E-state index in [-0.39, 0.29) is 33.7 Å². The Hall–Kier alpha value is -4.30. The number of aliphatic hydroxyl groups is 4. The van der Waals surface area contributed by atoms with Crippen LogP contribution in [0.1, 0.15) is 39.8 Å². The summed E-state index contributed by atoms with van der Waals surface area (Å²) < 4.78 is 36.7. The Morgan fingerprint density at radius 3 is 2.41 bits per heavy atom. The number of amides is 4. The minimum atomic E-state index is -4.76. The molecule has 0 aromatic carbocycles. The van der Waals surface area contributed by atoms with E-state index in [0.29, 0.717) is 0 Å². The van der Waals surface area contributed by atoms with Crippen LogP contribution in [0.4, 0.5) is 5.13 Å². The van der Waals surface area contributed by atoms with Crippen molar-refractivity contribution < 1.29 is 72.1 Å². The van der Waals surface area contributed by atoms with Gasteiger partial charge in [-0.1, -0.05) is 11.7 Å². The number of hydrogen-bond donors (Lipinski definition) is 10. The number of hydrogen-bond acceptors (Lipinski definition) is 17. The van der Waals surface area contributed by atoms with Crippen molar-refractivity contribution in [1.82, 2.24) is 25.2 Å². The highest BCUT2D eigenvalue weighted by molar-refractivity contribution is 7.84. The minimum absolute atomic E-state index is 0.0325. The van der Waals surface area contributed by atoms with E-state index in [1.165, 1.54) is 26.2 Å². The summed E-state index contributed by atoms with van der Waals surface area (Å²) in [6.45, 7) is 7.29. The molecule has 4 aliphatic heterocycles. The zero-order valence-corrected chi connectivity index (χ0v) is 27.9. The molecule has 0 saturated carbocycles. The first-order valence-corrected chi connectivity index (χ1v) is 16.2. The Morgan fingerprint density at radius 1 is 1.31 bits per heavy atom. The molecule has 11 N–H and O–H groups in total. The van der Waals surface area contributed by atoms with Gasteiger partial charge in [0, 0.05) is 5.38 Å². The van der Waals surface area contributed by atoms with Crippen molar-refractivity contribution in [1.29, 1.82) is 0 Å². The zero-order valence-electron chi connectivity index (χ0n) is 26.2. The second-order valence-corrected chi connectivity index (χ2v) is 13.9. The fraction of sp³-hybridized carbons (Fsp3) is 0.560. The lowest BCUT2D eigenvalue weighted by molar-refractivity contribution is -0.230. The first-order valence-electron chi connectivity index (χ1n) is 13.9. The van der Waals surface area contributed by atoms with Crippen LogP contribution in [0.5, 0.6) is 0 Å². The van der Waals surface area contributed by atoms with E-state index in [2.05, 4.69) is 27.4 Å². The maximum Gasteiger partial charge on any atom is 0.362 e. The Morgan fingerprint density at radius 2 is 1.92 bits per heavy atom. The number of carbonyl (C=O) groups excluding carboxylic acids is 4. The molecule has 0 aliphatic carbocycles. The summed E-state index contributed by atoms with van der Waals surface area (Å²) in [7, 11) is -4.76. The van der Waals surface area contributed by atoms with E-state index < -0.39 is 93.1 Å². The topological polar surface area (TPSA) is 350 Å².